The van der Waals surface area contributed by atoms with Crippen molar-refractivity contribution in [1.29, 1.82) is 0 Å². The molecule has 294 valence electrons. The molecule has 5 aromatic rings. The molecule has 0 aliphatic rings. The number of benzene rings is 5. The molecular formula is C45H42O12. The Morgan fingerprint density at radius 3 is 1.46 bits per heavy atom. The van der Waals surface area contributed by atoms with Crippen LogP contribution in [0.25, 0.3) is 11.1 Å². The standard InChI is InChI=1S/C45H42O12/c1-5-25-52-35-17-9-30(10-18-35)31-11-21-37(22-12-31)55-44(48)33-15-23-39(40(28-33)50-3)57-45(49)34-16-24-38(41(29-34)51-4)56-43(47)32-13-19-36(20-14-32)53-26-7-8-27-54-42(46)6-2/h6,9-24,28-29H,2,5,7-8,25-27H2,1,3-4H3. The van der Waals surface area contributed by atoms with E-state index in [4.69, 9.17) is 37.9 Å². The minimum Gasteiger partial charge on any atom is -0.494 e. The van der Waals surface area contributed by atoms with Crippen molar-refractivity contribution in [2.24, 2.45) is 0 Å². The Morgan fingerprint density at radius 1 is 0.509 bits per heavy atom. The fourth-order valence-electron chi connectivity index (χ4n) is 5.23. The lowest BCUT2D eigenvalue weighted by Gasteiger charge is -2.13. The van der Waals surface area contributed by atoms with Crippen LogP contribution in [0.3, 0.4) is 0 Å². The average molecular weight is 775 g/mol. The number of carbonyl (C=O) groups is 4. The van der Waals surface area contributed by atoms with Crippen LogP contribution in [0.1, 0.15) is 57.3 Å². The van der Waals surface area contributed by atoms with Gasteiger partial charge in [0, 0.05) is 6.08 Å². The molecule has 0 amide bonds. The van der Waals surface area contributed by atoms with Gasteiger partial charge in [0.05, 0.1) is 50.7 Å². The molecule has 0 fully saturated rings. The third kappa shape index (κ3) is 11.7. The van der Waals surface area contributed by atoms with Crippen LogP contribution in [0.2, 0.25) is 0 Å². The number of carbonyl (C=O) groups excluding carboxylic acids is 4. The summed E-state index contributed by atoms with van der Waals surface area (Å²) in [7, 11) is 2.75. The number of hydrogen-bond donors (Lipinski definition) is 0. The van der Waals surface area contributed by atoms with E-state index in [0.29, 0.717) is 37.6 Å². The molecule has 0 saturated carbocycles. The summed E-state index contributed by atoms with van der Waals surface area (Å²) in [6.45, 7) is 6.73. The van der Waals surface area contributed by atoms with Crippen molar-refractivity contribution < 1.29 is 57.1 Å². The summed E-state index contributed by atoms with van der Waals surface area (Å²) in [6.07, 6.45) is 3.34. The first-order valence-corrected chi connectivity index (χ1v) is 18.1. The quantitative estimate of drug-likeness (QED) is 0.0343. The van der Waals surface area contributed by atoms with Crippen LogP contribution < -0.4 is 33.2 Å². The molecule has 57 heavy (non-hydrogen) atoms. The van der Waals surface area contributed by atoms with Gasteiger partial charge < -0.3 is 37.9 Å². The van der Waals surface area contributed by atoms with E-state index in [9.17, 15) is 19.2 Å². The molecule has 12 heteroatoms. The number of unbranched alkanes of at least 4 members (excludes halogenated alkanes) is 1. The smallest absolute Gasteiger partial charge is 0.343 e. The van der Waals surface area contributed by atoms with Gasteiger partial charge in [-0.15, -0.1) is 0 Å². The molecule has 0 aromatic heterocycles. The van der Waals surface area contributed by atoms with E-state index in [2.05, 4.69) is 13.5 Å². The van der Waals surface area contributed by atoms with Crippen LogP contribution in [0.4, 0.5) is 0 Å². The summed E-state index contributed by atoms with van der Waals surface area (Å²) in [5.74, 6) is -0.412. The summed E-state index contributed by atoms with van der Waals surface area (Å²) >= 11 is 0. The molecule has 0 aliphatic carbocycles. The summed E-state index contributed by atoms with van der Waals surface area (Å²) in [4.78, 5) is 50.2. The van der Waals surface area contributed by atoms with Crippen LogP contribution in [0, 0.1) is 0 Å². The lowest BCUT2D eigenvalue weighted by Crippen LogP contribution is -2.12. The van der Waals surface area contributed by atoms with Gasteiger partial charge in [-0.25, -0.2) is 19.2 Å². The average Bonchev–Trinajstić information content (AvgIpc) is 3.24. The monoisotopic (exact) mass is 774 g/mol. The van der Waals surface area contributed by atoms with Gasteiger partial charge >= 0.3 is 23.9 Å². The van der Waals surface area contributed by atoms with Crippen molar-refractivity contribution >= 4 is 23.9 Å². The second kappa shape index (κ2) is 20.6. The topological polar surface area (TPSA) is 142 Å². The minimum absolute atomic E-state index is 0.0606. The molecule has 0 unspecified atom stereocenters. The highest BCUT2D eigenvalue weighted by Gasteiger charge is 2.20. The summed E-state index contributed by atoms with van der Waals surface area (Å²) in [5.41, 5.74) is 2.47. The van der Waals surface area contributed by atoms with E-state index in [1.807, 2.05) is 36.4 Å². The Morgan fingerprint density at radius 2 is 0.947 bits per heavy atom. The first kappa shape index (κ1) is 41.1. The molecule has 0 saturated heterocycles. The van der Waals surface area contributed by atoms with Crippen molar-refractivity contribution in [3.63, 3.8) is 0 Å². The van der Waals surface area contributed by atoms with Gasteiger partial charge in [-0.1, -0.05) is 37.8 Å². The summed E-state index contributed by atoms with van der Waals surface area (Å²) in [6, 6.07) is 29.8. The summed E-state index contributed by atoms with van der Waals surface area (Å²) < 4.78 is 43.8. The molecule has 0 heterocycles. The lowest BCUT2D eigenvalue weighted by atomic mass is 10.1. The molecule has 0 aliphatic heterocycles. The van der Waals surface area contributed by atoms with Gasteiger partial charge in [-0.3, -0.25) is 0 Å². The van der Waals surface area contributed by atoms with Crippen molar-refractivity contribution in [2.45, 2.75) is 26.2 Å². The zero-order valence-corrected chi connectivity index (χ0v) is 31.8. The fraction of sp³-hybridized carbons (Fsp3) is 0.200. The maximum absolute atomic E-state index is 13.2. The van der Waals surface area contributed by atoms with Gasteiger partial charge in [0.1, 0.15) is 17.2 Å². The van der Waals surface area contributed by atoms with Crippen molar-refractivity contribution in [1.82, 2.24) is 0 Å². The van der Waals surface area contributed by atoms with Gasteiger partial charge in [0.25, 0.3) is 0 Å². The molecule has 5 aromatic carbocycles. The predicted octanol–water partition coefficient (Wildman–Crippen LogP) is 8.71. The Kier molecular flexibility index (Phi) is 14.8. The van der Waals surface area contributed by atoms with E-state index in [1.165, 1.54) is 50.6 Å². The van der Waals surface area contributed by atoms with Gasteiger partial charge in [0.15, 0.2) is 23.0 Å². The Labute approximate surface area is 330 Å². The van der Waals surface area contributed by atoms with E-state index < -0.39 is 23.9 Å². The SMILES string of the molecule is C=CC(=O)OCCCCOc1ccc(C(=O)Oc2ccc(C(=O)Oc3ccc(C(=O)Oc4ccc(-c5ccc(OCCC)cc5)cc4)cc3OC)cc2OC)cc1. The van der Waals surface area contributed by atoms with Crippen molar-refractivity contribution in [2.75, 3.05) is 34.0 Å². The van der Waals surface area contributed by atoms with E-state index in [1.54, 1.807) is 36.4 Å². The second-order valence-electron chi connectivity index (χ2n) is 12.2. The minimum atomic E-state index is -0.753. The molecule has 12 nitrogen and oxygen atoms in total. The number of ether oxygens (including phenoxy) is 8. The maximum Gasteiger partial charge on any atom is 0.343 e. The van der Waals surface area contributed by atoms with E-state index in [-0.39, 0.29) is 46.3 Å². The Balaban J connectivity index is 1.14. The first-order valence-electron chi connectivity index (χ1n) is 18.1. The molecule has 0 spiro atoms. The molecule has 0 atom stereocenters. The van der Waals surface area contributed by atoms with Gasteiger partial charge in [0.2, 0.25) is 0 Å². The molecule has 5 rings (SSSR count). The Hall–Kier alpha value is -7.08. The first-order chi connectivity index (χ1) is 27.7. The number of methoxy groups -OCH3 is 2. The van der Waals surface area contributed by atoms with Crippen LogP contribution >= 0.6 is 0 Å². The highest BCUT2D eigenvalue weighted by Crippen LogP contribution is 2.33. The molecule has 0 radical (unpaired) electrons. The predicted molar refractivity (Wildman–Crippen MR) is 211 cm³/mol. The van der Waals surface area contributed by atoms with Gasteiger partial charge in [-0.2, -0.15) is 0 Å². The molecular weight excluding hydrogens is 732 g/mol. The lowest BCUT2D eigenvalue weighted by molar-refractivity contribution is -0.137. The largest absolute Gasteiger partial charge is 0.494 e. The van der Waals surface area contributed by atoms with E-state index in [0.717, 1.165) is 29.4 Å². The normalized spacial score (nSPS) is 10.4. The fourth-order valence-corrected chi connectivity index (χ4v) is 5.23. The van der Waals surface area contributed by atoms with Crippen LogP contribution in [0.15, 0.2) is 122 Å². The van der Waals surface area contributed by atoms with Gasteiger partial charge in [-0.05, 0) is 115 Å². The number of hydrogen-bond acceptors (Lipinski definition) is 12. The summed E-state index contributed by atoms with van der Waals surface area (Å²) in [5, 5.41) is 0. The zero-order chi connectivity index (χ0) is 40.6. The zero-order valence-electron chi connectivity index (χ0n) is 31.8. The third-order valence-electron chi connectivity index (χ3n) is 8.24. The number of esters is 4. The molecule has 0 N–H and O–H groups in total. The van der Waals surface area contributed by atoms with Crippen molar-refractivity contribution in [3.05, 3.63) is 139 Å². The highest BCUT2D eigenvalue weighted by atomic mass is 16.6. The second-order valence-corrected chi connectivity index (χ2v) is 12.2. The number of rotatable bonds is 19. The maximum atomic E-state index is 13.2. The third-order valence-corrected chi connectivity index (χ3v) is 8.24. The van der Waals surface area contributed by atoms with Crippen LogP contribution in [0.5, 0.6) is 40.2 Å². The Bertz CT molecular complexity index is 2160. The van der Waals surface area contributed by atoms with Crippen LogP contribution in [-0.2, 0) is 9.53 Å². The molecule has 0 bridgehead atoms. The van der Waals surface area contributed by atoms with Crippen molar-refractivity contribution in [3.8, 4) is 51.4 Å². The van der Waals surface area contributed by atoms with Crippen LogP contribution in [-0.4, -0.2) is 57.9 Å². The van der Waals surface area contributed by atoms with E-state index >= 15 is 0 Å². The highest BCUT2D eigenvalue weighted by molar-refractivity contribution is 5.95.